The maximum atomic E-state index is 2.42. The van der Waals surface area contributed by atoms with Crippen molar-refractivity contribution in [2.75, 3.05) is 0 Å². The maximum Gasteiger partial charge on any atom is 0.0207 e. The molecule has 2 heteroatoms. The first-order chi connectivity index (χ1) is 3.72. The van der Waals surface area contributed by atoms with Crippen LogP contribution in [0.15, 0.2) is 0 Å². The predicted octanol–water partition coefficient (Wildman–Crippen LogP) is 2.21. The third-order valence-corrected chi connectivity index (χ3v) is 3.75. The topological polar surface area (TPSA) is 3.24 Å². The van der Waals surface area contributed by atoms with Crippen LogP contribution >= 0.6 is 22.9 Å². The summed E-state index contributed by atoms with van der Waals surface area (Å²) in [5.41, 5.74) is 0. The Morgan fingerprint density at radius 3 is 1.75 bits per heavy atom. The van der Waals surface area contributed by atoms with Crippen LogP contribution in [-0.4, -0.2) is 15.2 Å². The van der Waals surface area contributed by atoms with Crippen LogP contribution in [0.4, 0.5) is 0 Å². The van der Waals surface area contributed by atoms with Gasteiger partial charge < -0.3 is 0 Å². The summed E-state index contributed by atoms with van der Waals surface area (Å²) in [4.78, 5) is 0. The summed E-state index contributed by atoms with van der Waals surface area (Å²) >= 11 is 2.42. The highest BCUT2D eigenvalue weighted by Gasteiger charge is 2.24. The van der Waals surface area contributed by atoms with E-state index in [1.165, 1.54) is 12.8 Å². The number of rotatable bonds is 0. The average molecular weight is 225 g/mol. The molecule has 0 spiro atoms. The summed E-state index contributed by atoms with van der Waals surface area (Å²) in [6, 6.07) is 1.62. The van der Waals surface area contributed by atoms with Gasteiger partial charge in [0.15, 0.2) is 0 Å². The van der Waals surface area contributed by atoms with Crippen molar-refractivity contribution in [1.82, 2.24) is 3.11 Å². The van der Waals surface area contributed by atoms with Crippen molar-refractivity contribution in [3.05, 3.63) is 0 Å². The van der Waals surface area contributed by atoms with E-state index in [2.05, 4.69) is 39.8 Å². The molecule has 0 aromatic heterocycles. The van der Waals surface area contributed by atoms with E-state index in [-0.39, 0.29) is 0 Å². The largest absolute Gasteiger partial charge is 0.242 e. The highest BCUT2D eigenvalue weighted by Crippen LogP contribution is 2.26. The minimum Gasteiger partial charge on any atom is -0.242 e. The number of nitrogens with zero attached hydrogens (tertiary/aromatic N) is 1. The Hall–Kier alpha value is 0.690. The molecule has 0 aromatic carbocycles. The molecule has 0 amide bonds. The fourth-order valence-corrected chi connectivity index (χ4v) is 1.72. The molecule has 0 aliphatic carbocycles. The van der Waals surface area contributed by atoms with Crippen molar-refractivity contribution in [1.29, 1.82) is 0 Å². The lowest BCUT2D eigenvalue weighted by molar-refractivity contribution is 0.429. The molecule has 0 radical (unpaired) electrons. The fraction of sp³-hybridized carbons (Fsp3) is 1.00. The molecule has 1 aliphatic heterocycles. The van der Waals surface area contributed by atoms with E-state index in [9.17, 15) is 0 Å². The van der Waals surface area contributed by atoms with Gasteiger partial charge in [-0.05, 0) is 26.7 Å². The lowest BCUT2D eigenvalue weighted by Crippen LogP contribution is -2.21. The van der Waals surface area contributed by atoms with Gasteiger partial charge >= 0.3 is 0 Å². The minimum atomic E-state index is 0.811. The molecular formula is C6H12IN. The van der Waals surface area contributed by atoms with Crippen molar-refractivity contribution < 1.29 is 0 Å². The van der Waals surface area contributed by atoms with Gasteiger partial charge in [-0.3, -0.25) is 0 Å². The van der Waals surface area contributed by atoms with Crippen LogP contribution in [0.3, 0.4) is 0 Å². The van der Waals surface area contributed by atoms with Gasteiger partial charge in [0.25, 0.3) is 0 Å². The molecule has 2 unspecified atom stereocenters. The second-order valence-electron chi connectivity index (χ2n) is 2.62. The third kappa shape index (κ3) is 1.16. The monoisotopic (exact) mass is 225 g/mol. The van der Waals surface area contributed by atoms with Gasteiger partial charge in [0.2, 0.25) is 0 Å². The fourth-order valence-electron chi connectivity index (χ4n) is 1.16. The number of hydrogen-bond donors (Lipinski definition) is 0. The summed E-state index contributed by atoms with van der Waals surface area (Å²) in [7, 11) is 0. The summed E-state index contributed by atoms with van der Waals surface area (Å²) in [6.45, 7) is 4.58. The second-order valence-corrected chi connectivity index (χ2v) is 3.73. The Morgan fingerprint density at radius 2 is 1.62 bits per heavy atom. The lowest BCUT2D eigenvalue weighted by Gasteiger charge is -2.15. The van der Waals surface area contributed by atoms with E-state index in [1.807, 2.05) is 0 Å². The molecule has 2 atom stereocenters. The Kier molecular flexibility index (Phi) is 2.14. The normalized spacial score (nSPS) is 40.9. The zero-order valence-corrected chi connectivity index (χ0v) is 7.55. The molecule has 1 saturated heterocycles. The molecular weight excluding hydrogens is 213 g/mol. The molecule has 0 bridgehead atoms. The van der Waals surface area contributed by atoms with Gasteiger partial charge in [0.05, 0.1) is 0 Å². The Balaban J connectivity index is 2.44. The van der Waals surface area contributed by atoms with E-state index in [4.69, 9.17) is 0 Å². The average Bonchev–Trinajstić information content (AvgIpc) is 1.98. The number of hydrogen-bond acceptors (Lipinski definition) is 1. The molecule has 1 nitrogen and oxygen atoms in total. The molecule has 0 saturated carbocycles. The SMILES string of the molecule is CC1CCC(C)N1I. The predicted molar refractivity (Wildman–Crippen MR) is 44.0 cm³/mol. The quantitative estimate of drug-likeness (QED) is 0.451. The maximum absolute atomic E-state index is 2.42. The summed E-state index contributed by atoms with van der Waals surface area (Å²) < 4.78 is 2.41. The smallest absolute Gasteiger partial charge is 0.0207 e. The van der Waals surface area contributed by atoms with Crippen molar-refractivity contribution >= 4 is 22.9 Å². The van der Waals surface area contributed by atoms with E-state index >= 15 is 0 Å². The highest BCUT2D eigenvalue weighted by atomic mass is 127. The van der Waals surface area contributed by atoms with Gasteiger partial charge in [0, 0.05) is 34.9 Å². The highest BCUT2D eigenvalue weighted by molar-refractivity contribution is 14.1. The van der Waals surface area contributed by atoms with E-state index in [1.54, 1.807) is 0 Å². The molecule has 0 N–H and O–H groups in total. The van der Waals surface area contributed by atoms with Crippen LogP contribution in [0, 0.1) is 0 Å². The summed E-state index contributed by atoms with van der Waals surface area (Å²) in [5.74, 6) is 0. The van der Waals surface area contributed by atoms with Gasteiger partial charge in [-0.1, -0.05) is 0 Å². The van der Waals surface area contributed by atoms with Crippen LogP contribution in [0.2, 0.25) is 0 Å². The summed E-state index contributed by atoms with van der Waals surface area (Å²) in [6.07, 6.45) is 2.76. The first-order valence-corrected chi connectivity index (χ1v) is 4.12. The molecule has 0 aromatic rings. The van der Waals surface area contributed by atoms with Crippen LogP contribution in [0.1, 0.15) is 26.7 Å². The van der Waals surface area contributed by atoms with Gasteiger partial charge in [-0.25, -0.2) is 3.11 Å². The third-order valence-electron chi connectivity index (χ3n) is 1.84. The molecule has 1 heterocycles. The minimum absolute atomic E-state index is 0.811. The van der Waals surface area contributed by atoms with Crippen molar-refractivity contribution in [2.24, 2.45) is 0 Å². The first kappa shape index (κ1) is 6.81. The first-order valence-electron chi connectivity index (χ1n) is 3.16. The van der Waals surface area contributed by atoms with E-state index in [0.717, 1.165) is 12.1 Å². The van der Waals surface area contributed by atoms with Crippen molar-refractivity contribution in [3.63, 3.8) is 0 Å². The Morgan fingerprint density at radius 1 is 1.25 bits per heavy atom. The Bertz CT molecular complexity index is 74.6. The van der Waals surface area contributed by atoms with E-state index in [0.29, 0.717) is 0 Å². The summed E-state index contributed by atoms with van der Waals surface area (Å²) in [5, 5.41) is 0. The number of halogens is 1. The zero-order valence-electron chi connectivity index (χ0n) is 5.39. The zero-order chi connectivity index (χ0) is 6.15. The van der Waals surface area contributed by atoms with Crippen LogP contribution in [0.5, 0.6) is 0 Å². The molecule has 48 valence electrons. The second kappa shape index (κ2) is 2.52. The van der Waals surface area contributed by atoms with Crippen molar-refractivity contribution in [3.8, 4) is 0 Å². The molecule has 1 rings (SSSR count). The standard InChI is InChI=1S/C6H12IN/c1-5-3-4-6(2)8(5)7/h5-6H,3-4H2,1-2H3. The van der Waals surface area contributed by atoms with Crippen LogP contribution in [0.25, 0.3) is 0 Å². The molecule has 8 heavy (non-hydrogen) atoms. The van der Waals surface area contributed by atoms with E-state index < -0.39 is 0 Å². The molecule has 1 fully saturated rings. The molecule has 1 aliphatic rings. The lowest BCUT2D eigenvalue weighted by atomic mass is 10.2. The van der Waals surface area contributed by atoms with Gasteiger partial charge in [0.1, 0.15) is 0 Å². The van der Waals surface area contributed by atoms with Crippen LogP contribution < -0.4 is 0 Å². The Labute approximate surface area is 64.9 Å². The van der Waals surface area contributed by atoms with Crippen LogP contribution in [-0.2, 0) is 0 Å². The van der Waals surface area contributed by atoms with Crippen molar-refractivity contribution in [2.45, 2.75) is 38.8 Å². The van der Waals surface area contributed by atoms with Gasteiger partial charge in [-0.2, -0.15) is 0 Å². The van der Waals surface area contributed by atoms with Gasteiger partial charge in [-0.15, -0.1) is 0 Å².